The Balaban J connectivity index is 1.14. The van der Waals surface area contributed by atoms with E-state index in [9.17, 15) is 0 Å². The maximum Gasteiger partial charge on any atom is 0.0541 e. The van der Waals surface area contributed by atoms with Crippen molar-refractivity contribution in [1.82, 2.24) is 4.57 Å². The molecule has 0 saturated carbocycles. The zero-order valence-electron chi connectivity index (χ0n) is 30.5. The topological polar surface area (TPSA) is 8.17 Å². The van der Waals surface area contributed by atoms with Crippen molar-refractivity contribution >= 4 is 67.3 Å². The second-order valence-corrected chi connectivity index (χ2v) is 17.4. The van der Waals surface area contributed by atoms with Crippen LogP contribution >= 0.6 is 7.53 Å². The third kappa shape index (κ3) is 4.60. The average Bonchev–Trinajstić information content (AvgIpc) is 3.82. The lowest BCUT2D eigenvalue weighted by Crippen LogP contribution is -2.21. The number of anilines is 2. The van der Waals surface area contributed by atoms with Gasteiger partial charge in [-0.05, 0) is 105 Å². The van der Waals surface area contributed by atoms with Gasteiger partial charge in [0, 0.05) is 50.0 Å². The molecular weight excluding hydrogens is 672 g/mol. The van der Waals surface area contributed by atoms with Crippen LogP contribution in [0.25, 0.3) is 59.4 Å². The Bertz CT molecular complexity index is 2970. The summed E-state index contributed by atoms with van der Waals surface area (Å²) in [6.07, 6.45) is 5.87. The van der Waals surface area contributed by atoms with Gasteiger partial charge in [0.05, 0.1) is 11.0 Å². The normalized spacial score (nSPS) is 17.3. The number of fused-ring (bicyclic) bond motifs is 10. The van der Waals surface area contributed by atoms with Crippen LogP contribution < -0.4 is 4.90 Å². The number of allylic oxidation sites excluding steroid dienone is 3. The standard InChI is InChI=1S/C51H39N2P/c1-51(2)44-20-10-7-17-38(44)39-27-24-34-14-6-11-21-46(34)52(31-30-45(39)51)35-25-28-49-42(32-35)43-33-36(26-29-50(43)54(49)37-15-4-3-5-16-37)53-47-22-12-8-18-40(47)41-19-9-13-23-48(41)53/h3-23,25-30,32-33H,24,31H2,1-2H3/b39-27-,45-30+. The first-order valence-corrected chi connectivity index (χ1v) is 20.4. The number of aromatic nitrogens is 1. The van der Waals surface area contributed by atoms with Crippen molar-refractivity contribution in [3.63, 3.8) is 0 Å². The molecule has 1 aliphatic heterocycles. The highest BCUT2D eigenvalue weighted by Gasteiger charge is 2.38. The molecule has 0 radical (unpaired) electrons. The molecule has 54 heavy (non-hydrogen) atoms. The van der Waals surface area contributed by atoms with Crippen LogP contribution in [-0.4, -0.2) is 11.1 Å². The number of benzene rings is 7. The Morgan fingerprint density at radius 2 is 1.15 bits per heavy atom. The second kappa shape index (κ2) is 12.0. The molecule has 0 fully saturated rings. The van der Waals surface area contributed by atoms with E-state index in [1.54, 1.807) is 0 Å². The summed E-state index contributed by atoms with van der Waals surface area (Å²) in [5.74, 6) is 0. The zero-order valence-corrected chi connectivity index (χ0v) is 31.4. The van der Waals surface area contributed by atoms with Crippen LogP contribution in [0.5, 0.6) is 0 Å². The summed E-state index contributed by atoms with van der Waals surface area (Å²) in [7, 11) is -0.702. The molecule has 3 heteroatoms. The summed E-state index contributed by atoms with van der Waals surface area (Å²) in [6.45, 7) is 5.57. The molecule has 0 N–H and O–H groups in total. The molecule has 7 aromatic carbocycles. The third-order valence-corrected chi connectivity index (χ3v) is 14.6. The lowest BCUT2D eigenvalue weighted by atomic mass is 9.82. The third-order valence-electron chi connectivity index (χ3n) is 12.0. The fraction of sp³-hybridized carbons (Fsp3) is 0.0980. The number of hydrogen-bond donors (Lipinski definition) is 0. The minimum absolute atomic E-state index is 0.0593. The minimum atomic E-state index is -0.702. The molecule has 11 rings (SSSR count). The molecule has 1 atom stereocenters. The number of para-hydroxylation sites is 3. The molecule has 0 amide bonds. The summed E-state index contributed by atoms with van der Waals surface area (Å²) in [6, 6.07) is 61.3. The Kier molecular flexibility index (Phi) is 6.97. The van der Waals surface area contributed by atoms with Gasteiger partial charge >= 0.3 is 0 Å². The number of rotatable bonds is 3. The first kappa shape index (κ1) is 31.4. The minimum Gasteiger partial charge on any atom is -0.337 e. The largest absolute Gasteiger partial charge is 0.337 e. The SMILES string of the molecule is CC1(C)C2=C/CN(c3ccc4c(c3)c3cc(-n5c6ccccc6c6ccccc65)ccc3p4-c3ccccc3)c3ccccc3C/C=C\2c2ccccc21. The van der Waals surface area contributed by atoms with E-state index in [4.69, 9.17) is 0 Å². The van der Waals surface area contributed by atoms with Crippen molar-refractivity contribution in [3.05, 3.63) is 198 Å². The van der Waals surface area contributed by atoms with Gasteiger partial charge in [0.1, 0.15) is 0 Å². The predicted molar refractivity (Wildman–Crippen MR) is 233 cm³/mol. The highest BCUT2D eigenvalue weighted by molar-refractivity contribution is 7.67. The van der Waals surface area contributed by atoms with Gasteiger partial charge in [-0.15, -0.1) is 0 Å². The Hall–Kier alpha value is -6.08. The van der Waals surface area contributed by atoms with E-state index in [-0.39, 0.29) is 5.41 Å². The van der Waals surface area contributed by atoms with Crippen LogP contribution in [0.15, 0.2) is 182 Å². The molecule has 9 aromatic rings. The molecule has 258 valence electrons. The van der Waals surface area contributed by atoms with Crippen LogP contribution in [-0.2, 0) is 11.8 Å². The smallest absolute Gasteiger partial charge is 0.0541 e. The maximum atomic E-state index is 2.55. The number of hydrogen-bond acceptors (Lipinski definition) is 1. The van der Waals surface area contributed by atoms with Gasteiger partial charge in [0.2, 0.25) is 0 Å². The Morgan fingerprint density at radius 3 is 1.91 bits per heavy atom. The first-order valence-electron chi connectivity index (χ1n) is 19.0. The first-order chi connectivity index (χ1) is 26.6. The maximum absolute atomic E-state index is 2.55. The van der Waals surface area contributed by atoms with E-state index in [1.807, 2.05) is 0 Å². The predicted octanol–water partition coefficient (Wildman–Crippen LogP) is 14.1. The van der Waals surface area contributed by atoms with Crippen molar-refractivity contribution in [2.45, 2.75) is 25.7 Å². The molecule has 2 nitrogen and oxygen atoms in total. The van der Waals surface area contributed by atoms with Gasteiger partial charge in [0.25, 0.3) is 0 Å². The highest BCUT2D eigenvalue weighted by atomic mass is 31.1. The van der Waals surface area contributed by atoms with Crippen molar-refractivity contribution < 1.29 is 0 Å². The summed E-state index contributed by atoms with van der Waals surface area (Å²) >= 11 is 0. The van der Waals surface area contributed by atoms with E-state index >= 15 is 0 Å². The lowest BCUT2D eigenvalue weighted by molar-refractivity contribution is 0.658. The molecule has 1 aliphatic carbocycles. The number of nitrogens with zero attached hydrogens (tertiary/aromatic N) is 2. The van der Waals surface area contributed by atoms with Crippen molar-refractivity contribution in [1.29, 1.82) is 0 Å². The van der Waals surface area contributed by atoms with E-state index in [0.717, 1.165) is 13.0 Å². The molecule has 0 bridgehead atoms. The molecule has 2 aromatic heterocycles. The molecular formula is C51H39N2P. The summed E-state index contributed by atoms with van der Waals surface area (Å²) in [5.41, 5.74) is 13.1. The van der Waals surface area contributed by atoms with Crippen LogP contribution in [0.1, 0.15) is 30.5 Å². The van der Waals surface area contributed by atoms with Gasteiger partial charge in [-0.2, -0.15) is 0 Å². The van der Waals surface area contributed by atoms with Crippen LogP contribution in [0.4, 0.5) is 11.4 Å². The summed E-state index contributed by atoms with van der Waals surface area (Å²) in [4.78, 5) is 2.55. The van der Waals surface area contributed by atoms with Crippen molar-refractivity contribution in [3.8, 4) is 11.0 Å². The second-order valence-electron chi connectivity index (χ2n) is 15.3. The van der Waals surface area contributed by atoms with Gasteiger partial charge < -0.3 is 9.47 Å². The highest BCUT2D eigenvalue weighted by Crippen LogP contribution is 2.56. The van der Waals surface area contributed by atoms with Gasteiger partial charge in [-0.25, -0.2) is 0 Å². The fourth-order valence-corrected chi connectivity index (χ4v) is 12.1. The van der Waals surface area contributed by atoms with Crippen LogP contribution in [0, 0.1) is 0 Å². The molecule has 0 spiro atoms. The summed E-state index contributed by atoms with van der Waals surface area (Å²) in [5, 5.41) is 9.51. The van der Waals surface area contributed by atoms with Crippen LogP contribution in [0.2, 0.25) is 0 Å². The Morgan fingerprint density at radius 1 is 0.537 bits per heavy atom. The summed E-state index contributed by atoms with van der Waals surface area (Å²) < 4.78 is 2.45. The van der Waals surface area contributed by atoms with Gasteiger partial charge in [-0.3, -0.25) is 0 Å². The molecule has 1 unspecified atom stereocenters. The van der Waals surface area contributed by atoms with Crippen LogP contribution in [0.3, 0.4) is 0 Å². The quantitative estimate of drug-likeness (QED) is 0.177. The van der Waals surface area contributed by atoms with Crippen molar-refractivity contribution in [2.24, 2.45) is 0 Å². The lowest BCUT2D eigenvalue weighted by Gasteiger charge is -2.27. The van der Waals surface area contributed by atoms with E-state index in [0.29, 0.717) is 0 Å². The Labute approximate surface area is 317 Å². The van der Waals surface area contributed by atoms with Gasteiger partial charge in [0.15, 0.2) is 0 Å². The molecule has 2 aliphatic rings. The fourth-order valence-electron chi connectivity index (χ4n) is 9.52. The van der Waals surface area contributed by atoms with Gasteiger partial charge in [-0.1, -0.05) is 143 Å². The molecule has 3 heterocycles. The van der Waals surface area contributed by atoms with Crippen molar-refractivity contribution in [2.75, 3.05) is 11.4 Å². The zero-order chi connectivity index (χ0) is 36.0. The average molecular weight is 711 g/mol. The van der Waals surface area contributed by atoms with E-state index in [1.165, 1.54) is 93.0 Å². The van der Waals surface area contributed by atoms with E-state index < -0.39 is 7.53 Å². The molecule has 0 saturated heterocycles. The van der Waals surface area contributed by atoms with E-state index in [2.05, 4.69) is 199 Å². The monoisotopic (exact) mass is 710 g/mol.